The Morgan fingerprint density at radius 2 is 1.81 bits per heavy atom. The molecule has 0 bridgehead atoms. The smallest absolute Gasteiger partial charge is 0.339 e. The van der Waals surface area contributed by atoms with Crippen molar-refractivity contribution in [2.24, 2.45) is 0 Å². The minimum atomic E-state index is -1.27. The molecule has 0 saturated carbocycles. The number of aromatic nitrogens is 1. The fraction of sp³-hybridized carbons (Fsp3) is 0.158. The van der Waals surface area contributed by atoms with Gasteiger partial charge in [0.1, 0.15) is 17.1 Å². The SMILES string of the molecule is Cc1cc(Oc2cc(C(=O)O)c(O)c3ccccc23)n(CCC(=O)O)c1. The van der Waals surface area contributed by atoms with Crippen molar-refractivity contribution >= 4 is 22.7 Å². The van der Waals surface area contributed by atoms with Crippen molar-refractivity contribution < 1.29 is 29.6 Å². The summed E-state index contributed by atoms with van der Waals surface area (Å²) in [6, 6.07) is 9.78. The molecule has 0 aliphatic carbocycles. The molecule has 26 heavy (non-hydrogen) atoms. The highest BCUT2D eigenvalue weighted by molar-refractivity contribution is 6.03. The zero-order valence-electron chi connectivity index (χ0n) is 14.0. The standard InChI is InChI=1S/C19H17NO6/c1-11-8-16(20(10-11)7-6-17(21)22)26-15-9-14(19(24)25)18(23)13-5-3-2-4-12(13)15/h2-5,8-10,23H,6-7H2,1H3,(H,21,22)(H,24,25). The van der Waals surface area contributed by atoms with E-state index in [1.165, 1.54) is 6.07 Å². The highest BCUT2D eigenvalue weighted by Gasteiger charge is 2.18. The number of hydrogen-bond donors (Lipinski definition) is 3. The normalized spacial score (nSPS) is 10.8. The molecule has 134 valence electrons. The Morgan fingerprint density at radius 3 is 2.46 bits per heavy atom. The maximum Gasteiger partial charge on any atom is 0.339 e. The first-order valence-electron chi connectivity index (χ1n) is 7.91. The molecule has 0 fully saturated rings. The van der Waals surface area contributed by atoms with Gasteiger partial charge in [-0.05, 0) is 18.6 Å². The second kappa shape index (κ2) is 6.79. The molecular formula is C19H17NO6. The molecule has 7 nitrogen and oxygen atoms in total. The maximum absolute atomic E-state index is 11.4. The number of ether oxygens (including phenoxy) is 1. The van der Waals surface area contributed by atoms with Gasteiger partial charge in [0, 0.05) is 29.6 Å². The van der Waals surface area contributed by atoms with Crippen molar-refractivity contribution in [2.75, 3.05) is 0 Å². The van der Waals surface area contributed by atoms with E-state index in [-0.39, 0.29) is 30.0 Å². The molecule has 1 aromatic heterocycles. The second-order valence-electron chi connectivity index (χ2n) is 5.92. The maximum atomic E-state index is 11.4. The number of benzene rings is 2. The summed E-state index contributed by atoms with van der Waals surface area (Å²) in [5.74, 6) is -1.85. The monoisotopic (exact) mass is 355 g/mol. The molecule has 0 atom stereocenters. The van der Waals surface area contributed by atoms with Gasteiger partial charge < -0.3 is 24.6 Å². The molecule has 3 N–H and O–H groups in total. The topological polar surface area (TPSA) is 109 Å². The van der Waals surface area contributed by atoms with Gasteiger partial charge in [0.05, 0.1) is 6.42 Å². The van der Waals surface area contributed by atoms with E-state index in [0.29, 0.717) is 16.7 Å². The Balaban J connectivity index is 2.08. The van der Waals surface area contributed by atoms with Gasteiger partial charge in [0.15, 0.2) is 5.88 Å². The Morgan fingerprint density at radius 1 is 1.12 bits per heavy atom. The van der Waals surface area contributed by atoms with Crippen LogP contribution in [0.4, 0.5) is 0 Å². The van der Waals surface area contributed by atoms with Gasteiger partial charge >= 0.3 is 11.9 Å². The van der Waals surface area contributed by atoms with Crippen molar-refractivity contribution in [3.8, 4) is 17.4 Å². The van der Waals surface area contributed by atoms with Crippen LogP contribution in [0.25, 0.3) is 10.8 Å². The van der Waals surface area contributed by atoms with E-state index in [4.69, 9.17) is 9.84 Å². The number of fused-ring (bicyclic) bond motifs is 1. The molecule has 0 unspecified atom stereocenters. The predicted molar refractivity (Wildman–Crippen MR) is 94.1 cm³/mol. The number of aliphatic carboxylic acids is 1. The quantitative estimate of drug-likeness (QED) is 0.623. The van der Waals surface area contributed by atoms with Gasteiger partial charge in [0.25, 0.3) is 0 Å². The molecule has 3 rings (SSSR count). The first-order valence-corrected chi connectivity index (χ1v) is 7.91. The number of carboxylic acids is 2. The number of aromatic carboxylic acids is 1. The van der Waals surface area contributed by atoms with Crippen molar-refractivity contribution in [3.05, 3.63) is 53.7 Å². The van der Waals surface area contributed by atoms with Gasteiger partial charge in [0.2, 0.25) is 0 Å². The summed E-state index contributed by atoms with van der Waals surface area (Å²) in [5.41, 5.74) is 0.617. The Hall–Kier alpha value is -3.48. The van der Waals surface area contributed by atoms with Gasteiger partial charge in [-0.25, -0.2) is 4.79 Å². The summed E-state index contributed by atoms with van der Waals surface area (Å²) in [4.78, 5) is 22.3. The van der Waals surface area contributed by atoms with Crippen molar-refractivity contribution in [3.63, 3.8) is 0 Å². The van der Waals surface area contributed by atoms with E-state index in [2.05, 4.69) is 0 Å². The number of aromatic hydroxyl groups is 1. The molecule has 0 saturated heterocycles. The first-order chi connectivity index (χ1) is 12.4. The van der Waals surface area contributed by atoms with Gasteiger partial charge in [-0.15, -0.1) is 0 Å². The number of rotatable bonds is 6. The van der Waals surface area contributed by atoms with Gasteiger partial charge in [-0.1, -0.05) is 24.3 Å². The lowest BCUT2D eigenvalue weighted by Gasteiger charge is -2.14. The number of carboxylic acid groups (broad SMARTS) is 2. The Kier molecular flexibility index (Phi) is 4.53. The van der Waals surface area contributed by atoms with Crippen LogP contribution < -0.4 is 4.74 Å². The van der Waals surface area contributed by atoms with E-state index in [9.17, 15) is 19.8 Å². The highest BCUT2D eigenvalue weighted by Crippen LogP contribution is 2.38. The molecule has 1 heterocycles. The number of carbonyl (C=O) groups is 2. The fourth-order valence-corrected chi connectivity index (χ4v) is 2.79. The molecule has 0 aliphatic rings. The molecule has 0 amide bonds. The van der Waals surface area contributed by atoms with Crippen LogP contribution in [0, 0.1) is 6.92 Å². The largest absolute Gasteiger partial charge is 0.506 e. The molecule has 7 heteroatoms. The molecular weight excluding hydrogens is 338 g/mol. The third-order valence-corrected chi connectivity index (χ3v) is 3.98. The lowest BCUT2D eigenvalue weighted by Crippen LogP contribution is -2.05. The second-order valence-corrected chi connectivity index (χ2v) is 5.92. The van der Waals surface area contributed by atoms with E-state index in [1.54, 1.807) is 41.1 Å². The summed E-state index contributed by atoms with van der Waals surface area (Å²) < 4.78 is 7.58. The lowest BCUT2D eigenvalue weighted by molar-refractivity contribution is -0.137. The van der Waals surface area contributed by atoms with Crippen LogP contribution in [-0.2, 0) is 11.3 Å². The zero-order chi connectivity index (χ0) is 18.8. The molecule has 0 aliphatic heterocycles. The van der Waals surface area contributed by atoms with Gasteiger partial charge in [-0.2, -0.15) is 0 Å². The Labute approximate surface area is 148 Å². The fourth-order valence-electron chi connectivity index (χ4n) is 2.79. The van der Waals surface area contributed by atoms with Crippen LogP contribution in [-0.4, -0.2) is 31.8 Å². The third-order valence-electron chi connectivity index (χ3n) is 3.98. The highest BCUT2D eigenvalue weighted by atomic mass is 16.5. The summed E-state index contributed by atoms with van der Waals surface area (Å²) >= 11 is 0. The van der Waals surface area contributed by atoms with Crippen LogP contribution >= 0.6 is 0 Å². The van der Waals surface area contributed by atoms with Crippen LogP contribution in [0.5, 0.6) is 17.4 Å². The zero-order valence-corrected chi connectivity index (χ0v) is 14.0. The Bertz CT molecular complexity index is 1000. The van der Waals surface area contributed by atoms with E-state index in [1.807, 2.05) is 6.92 Å². The van der Waals surface area contributed by atoms with E-state index in [0.717, 1.165) is 5.56 Å². The molecule has 3 aromatic rings. The summed E-state index contributed by atoms with van der Waals surface area (Å²) in [6.45, 7) is 2.07. The van der Waals surface area contributed by atoms with Crippen LogP contribution in [0.3, 0.4) is 0 Å². The number of nitrogens with zero attached hydrogens (tertiary/aromatic N) is 1. The molecule has 0 radical (unpaired) electrons. The number of phenols is 1. The van der Waals surface area contributed by atoms with Crippen LogP contribution in [0.15, 0.2) is 42.6 Å². The molecule has 0 spiro atoms. The van der Waals surface area contributed by atoms with E-state index < -0.39 is 11.9 Å². The lowest BCUT2D eigenvalue weighted by atomic mass is 10.0. The minimum Gasteiger partial charge on any atom is -0.506 e. The average molecular weight is 355 g/mol. The van der Waals surface area contributed by atoms with Crippen molar-refractivity contribution in [2.45, 2.75) is 19.9 Å². The summed E-state index contributed by atoms with van der Waals surface area (Å²) in [7, 11) is 0. The van der Waals surface area contributed by atoms with Crippen molar-refractivity contribution in [1.29, 1.82) is 0 Å². The van der Waals surface area contributed by atoms with Crippen LogP contribution in [0.2, 0.25) is 0 Å². The number of hydrogen-bond acceptors (Lipinski definition) is 4. The van der Waals surface area contributed by atoms with Crippen molar-refractivity contribution in [1.82, 2.24) is 4.57 Å². The van der Waals surface area contributed by atoms with Gasteiger partial charge in [-0.3, -0.25) is 4.79 Å². The third kappa shape index (κ3) is 3.32. The average Bonchev–Trinajstić information content (AvgIpc) is 2.94. The number of aryl methyl sites for hydroxylation is 2. The first kappa shape index (κ1) is 17.3. The minimum absolute atomic E-state index is 0.0683. The summed E-state index contributed by atoms with van der Waals surface area (Å²) in [5, 5.41) is 29.3. The van der Waals surface area contributed by atoms with Crippen LogP contribution in [0.1, 0.15) is 22.3 Å². The van der Waals surface area contributed by atoms with E-state index >= 15 is 0 Å². The predicted octanol–water partition coefficient (Wildman–Crippen LogP) is 3.62. The summed E-state index contributed by atoms with van der Waals surface area (Å²) in [6.07, 6.45) is 1.69. The molecule has 2 aromatic carbocycles.